The normalized spacial score (nSPS) is 21.9. The molecular weight excluding hydrogens is 204 g/mol. The molecule has 2 unspecified atom stereocenters. The van der Waals surface area contributed by atoms with E-state index >= 15 is 0 Å². The zero-order valence-corrected chi connectivity index (χ0v) is 7.90. The molecule has 0 aromatic heterocycles. The number of carbonyl (C=O) groups excluding carboxylic acids is 2. The topological polar surface area (TPSA) is 116 Å². The highest BCUT2D eigenvalue weighted by Gasteiger charge is 2.28. The van der Waals surface area contributed by atoms with Crippen LogP contribution in [0.1, 0.15) is 6.42 Å². The van der Waals surface area contributed by atoms with Gasteiger partial charge in [-0.1, -0.05) is 0 Å². The number of carboxylic acids is 1. The Balaban J connectivity index is 2.30. The average molecular weight is 216 g/mol. The van der Waals surface area contributed by atoms with Crippen LogP contribution in [0.25, 0.3) is 0 Å². The first-order valence-electron chi connectivity index (χ1n) is 4.46. The number of aliphatic hydroxyl groups excluding tert-OH is 1. The van der Waals surface area contributed by atoms with Gasteiger partial charge in [0.2, 0.25) is 11.8 Å². The van der Waals surface area contributed by atoms with Gasteiger partial charge < -0.3 is 20.8 Å². The lowest BCUT2D eigenvalue weighted by atomic mass is 10.1. The molecular formula is C8H12N2O5. The van der Waals surface area contributed by atoms with Gasteiger partial charge >= 0.3 is 5.97 Å². The Morgan fingerprint density at radius 1 is 1.60 bits per heavy atom. The minimum atomic E-state index is -1.61. The number of aliphatic carboxylic acids is 1. The molecule has 2 atom stereocenters. The fraction of sp³-hybridized carbons (Fsp3) is 0.625. The lowest BCUT2D eigenvalue weighted by molar-refractivity contribution is -0.146. The van der Waals surface area contributed by atoms with E-state index in [0.29, 0.717) is 0 Å². The molecule has 0 bridgehead atoms. The fourth-order valence-electron chi connectivity index (χ4n) is 1.22. The maximum atomic E-state index is 11.3. The minimum Gasteiger partial charge on any atom is -0.479 e. The first-order chi connectivity index (χ1) is 7.00. The number of hydrogen-bond donors (Lipinski definition) is 4. The third-order valence-electron chi connectivity index (χ3n) is 2.10. The second-order valence-corrected chi connectivity index (χ2v) is 3.30. The van der Waals surface area contributed by atoms with Crippen molar-refractivity contribution < 1.29 is 24.6 Å². The molecule has 7 heteroatoms. The maximum Gasteiger partial charge on any atom is 0.334 e. The molecule has 1 fully saturated rings. The molecule has 15 heavy (non-hydrogen) atoms. The third kappa shape index (κ3) is 3.21. The quantitative estimate of drug-likeness (QED) is 0.421. The number of rotatable bonds is 4. The average Bonchev–Trinajstić information content (AvgIpc) is 2.60. The van der Waals surface area contributed by atoms with Gasteiger partial charge in [0.15, 0.2) is 6.10 Å². The van der Waals surface area contributed by atoms with E-state index in [0.717, 1.165) is 0 Å². The number of amides is 2. The molecule has 0 saturated carbocycles. The predicted molar refractivity (Wildman–Crippen MR) is 47.8 cm³/mol. The Morgan fingerprint density at radius 3 is 2.73 bits per heavy atom. The monoisotopic (exact) mass is 216 g/mol. The summed E-state index contributed by atoms with van der Waals surface area (Å²) >= 11 is 0. The van der Waals surface area contributed by atoms with Crippen LogP contribution in [0.3, 0.4) is 0 Å². The second-order valence-electron chi connectivity index (χ2n) is 3.30. The van der Waals surface area contributed by atoms with Crippen LogP contribution in [0, 0.1) is 5.92 Å². The summed E-state index contributed by atoms with van der Waals surface area (Å²) in [4.78, 5) is 32.3. The van der Waals surface area contributed by atoms with Crippen LogP contribution < -0.4 is 10.6 Å². The van der Waals surface area contributed by atoms with Gasteiger partial charge in [-0.05, 0) is 0 Å². The van der Waals surface area contributed by atoms with Crippen LogP contribution in [-0.2, 0) is 14.4 Å². The smallest absolute Gasteiger partial charge is 0.334 e. The maximum absolute atomic E-state index is 11.3. The number of carbonyl (C=O) groups is 3. The first kappa shape index (κ1) is 11.4. The summed E-state index contributed by atoms with van der Waals surface area (Å²) < 4.78 is 0. The van der Waals surface area contributed by atoms with Crippen molar-refractivity contribution in [2.75, 3.05) is 13.1 Å². The van der Waals surface area contributed by atoms with Gasteiger partial charge in [0, 0.05) is 13.0 Å². The van der Waals surface area contributed by atoms with E-state index in [4.69, 9.17) is 10.2 Å². The minimum absolute atomic E-state index is 0.106. The Bertz CT molecular complexity index is 291. The molecule has 0 radical (unpaired) electrons. The van der Waals surface area contributed by atoms with E-state index in [-0.39, 0.29) is 25.4 Å². The van der Waals surface area contributed by atoms with Gasteiger partial charge in [0.25, 0.3) is 0 Å². The molecule has 1 saturated heterocycles. The van der Waals surface area contributed by atoms with Crippen LogP contribution in [0.15, 0.2) is 0 Å². The van der Waals surface area contributed by atoms with Crippen molar-refractivity contribution in [3.63, 3.8) is 0 Å². The van der Waals surface area contributed by atoms with Gasteiger partial charge in [0.05, 0.1) is 12.5 Å². The van der Waals surface area contributed by atoms with Crippen molar-refractivity contribution >= 4 is 17.8 Å². The predicted octanol–water partition coefficient (Wildman–Crippen LogP) is -2.32. The lowest BCUT2D eigenvalue weighted by Crippen LogP contribution is -2.39. The second kappa shape index (κ2) is 4.74. The molecule has 0 aromatic rings. The van der Waals surface area contributed by atoms with Crippen LogP contribution in [0.4, 0.5) is 0 Å². The molecule has 1 aliphatic heterocycles. The van der Waals surface area contributed by atoms with Crippen LogP contribution in [0.5, 0.6) is 0 Å². The van der Waals surface area contributed by atoms with Gasteiger partial charge in [-0.15, -0.1) is 0 Å². The molecule has 0 spiro atoms. The SMILES string of the molecule is O=C1CC(C(=O)NCC(O)C(=O)O)CN1. The molecule has 0 aliphatic carbocycles. The van der Waals surface area contributed by atoms with Crippen molar-refractivity contribution in [3.8, 4) is 0 Å². The standard InChI is InChI=1S/C8H12N2O5/c11-5(8(14)15)3-10-7(13)4-1-6(12)9-2-4/h4-5,11H,1-3H2,(H,9,12)(H,10,13)(H,14,15). The molecule has 1 aliphatic rings. The van der Waals surface area contributed by atoms with Crippen molar-refractivity contribution in [2.24, 2.45) is 5.92 Å². The highest BCUT2D eigenvalue weighted by atomic mass is 16.4. The summed E-state index contributed by atoms with van der Waals surface area (Å²) in [5.74, 6) is -2.49. The fourth-order valence-corrected chi connectivity index (χ4v) is 1.22. The molecule has 7 nitrogen and oxygen atoms in total. The summed E-state index contributed by atoms with van der Waals surface area (Å²) in [5, 5.41) is 22.0. The van der Waals surface area contributed by atoms with E-state index in [1.165, 1.54) is 0 Å². The van der Waals surface area contributed by atoms with Gasteiger partial charge in [-0.3, -0.25) is 9.59 Å². The van der Waals surface area contributed by atoms with Crippen LogP contribution in [-0.4, -0.2) is 47.2 Å². The number of nitrogens with one attached hydrogen (secondary N) is 2. The lowest BCUT2D eigenvalue weighted by Gasteiger charge is -2.10. The van der Waals surface area contributed by atoms with Gasteiger partial charge in [-0.25, -0.2) is 4.79 Å². The van der Waals surface area contributed by atoms with E-state index in [9.17, 15) is 14.4 Å². The number of hydrogen-bond acceptors (Lipinski definition) is 4. The highest BCUT2D eigenvalue weighted by Crippen LogP contribution is 2.08. The molecule has 1 heterocycles. The van der Waals surface area contributed by atoms with Crippen LogP contribution >= 0.6 is 0 Å². The summed E-state index contributed by atoms with van der Waals surface area (Å²) in [7, 11) is 0. The Labute approximate surface area is 85.5 Å². The van der Waals surface area contributed by atoms with Crippen LogP contribution in [0.2, 0.25) is 0 Å². The molecule has 4 N–H and O–H groups in total. The first-order valence-corrected chi connectivity index (χ1v) is 4.46. The Kier molecular flexibility index (Phi) is 3.62. The third-order valence-corrected chi connectivity index (χ3v) is 2.10. The molecule has 84 valence electrons. The van der Waals surface area contributed by atoms with E-state index in [1.807, 2.05) is 0 Å². The van der Waals surface area contributed by atoms with Crippen molar-refractivity contribution in [3.05, 3.63) is 0 Å². The van der Waals surface area contributed by atoms with E-state index in [2.05, 4.69) is 10.6 Å². The van der Waals surface area contributed by atoms with Crippen molar-refractivity contribution in [1.29, 1.82) is 0 Å². The van der Waals surface area contributed by atoms with Gasteiger partial charge in [-0.2, -0.15) is 0 Å². The highest BCUT2D eigenvalue weighted by molar-refractivity contribution is 5.89. The summed E-state index contributed by atoms with van der Waals surface area (Å²) in [6.45, 7) is -0.0906. The zero-order valence-electron chi connectivity index (χ0n) is 7.90. The molecule has 0 aromatic carbocycles. The zero-order chi connectivity index (χ0) is 11.4. The number of carboxylic acid groups (broad SMARTS) is 1. The summed E-state index contributed by atoms with van der Waals surface area (Å²) in [5.41, 5.74) is 0. The van der Waals surface area contributed by atoms with Crippen molar-refractivity contribution in [1.82, 2.24) is 10.6 Å². The van der Waals surface area contributed by atoms with Crippen molar-refractivity contribution in [2.45, 2.75) is 12.5 Å². The largest absolute Gasteiger partial charge is 0.479 e. The Hall–Kier alpha value is -1.63. The summed E-state index contributed by atoms with van der Waals surface area (Å²) in [6, 6.07) is 0. The molecule has 1 rings (SSSR count). The summed E-state index contributed by atoms with van der Waals surface area (Å²) in [6.07, 6.45) is -1.51. The van der Waals surface area contributed by atoms with E-state index < -0.39 is 23.9 Å². The molecule has 2 amide bonds. The number of aliphatic hydroxyl groups is 1. The van der Waals surface area contributed by atoms with Gasteiger partial charge in [0.1, 0.15) is 0 Å². The Morgan fingerprint density at radius 2 is 2.27 bits per heavy atom. The van der Waals surface area contributed by atoms with E-state index in [1.54, 1.807) is 0 Å².